The monoisotopic (exact) mass is 268 g/mol. The number of carbonyl (C=O) groups is 1. The maximum absolute atomic E-state index is 11.1. The van der Waals surface area contributed by atoms with Crippen molar-refractivity contribution in [1.29, 1.82) is 0 Å². The summed E-state index contributed by atoms with van der Waals surface area (Å²) >= 11 is 1.51. The summed E-state index contributed by atoms with van der Waals surface area (Å²) in [5.74, 6) is 0.290. The third kappa shape index (κ3) is 2.90. The van der Waals surface area contributed by atoms with Gasteiger partial charge in [-0.2, -0.15) is 0 Å². The Morgan fingerprint density at radius 2 is 2.28 bits per heavy atom. The zero-order chi connectivity index (χ0) is 13.1. The first-order valence-corrected chi connectivity index (χ1v) is 7.20. The molecular formula is C13H20N2O2S. The van der Waals surface area contributed by atoms with E-state index >= 15 is 0 Å². The molecule has 0 spiro atoms. The zero-order valence-corrected chi connectivity index (χ0v) is 12.0. The number of ether oxygens (including phenoxy) is 1. The molecule has 0 amide bonds. The van der Waals surface area contributed by atoms with Gasteiger partial charge in [-0.15, -0.1) is 0 Å². The largest absolute Gasteiger partial charge is 0.383 e. The van der Waals surface area contributed by atoms with Gasteiger partial charge in [0.1, 0.15) is 0 Å². The average Bonchev–Trinajstić information content (AvgIpc) is 3.08. The summed E-state index contributed by atoms with van der Waals surface area (Å²) in [6.07, 6.45) is 3.37. The number of hydrogen-bond donors (Lipinski definition) is 0. The first-order valence-electron chi connectivity index (χ1n) is 6.38. The third-order valence-corrected chi connectivity index (χ3v) is 4.13. The smallest absolute Gasteiger partial charge is 0.186 e. The number of thiazole rings is 1. The maximum atomic E-state index is 11.1. The van der Waals surface area contributed by atoms with Gasteiger partial charge in [0.05, 0.1) is 17.2 Å². The minimum atomic E-state index is 0.290. The molecule has 0 aliphatic heterocycles. The van der Waals surface area contributed by atoms with Gasteiger partial charge in [-0.05, 0) is 18.8 Å². The van der Waals surface area contributed by atoms with E-state index in [0.29, 0.717) is 18.6 Å². The average molecular weight is 268 g/mol. The molecule has 1 saturated carbocycles. The van der Waals surface area contributed by atoms with Crippen molar-refractivity contribution in [1.82, 2.24) is 4.98 Å². The molecule has 0 saturated heterocycles. The number of hydrogen-bond acceptors (Lipinski definition) is 5. The Balaban J connectivity index is 2.21. The second kappa shape index (κ2) is 5.80. The Morgan fingerprint density at radius 1 is 1.56 bits per heavy atom. The van der Waals surface area contributed by atoms with Crippen LogP contribution in [0.5, 0.6) is 0 Å². The number of anilines is 1. The molecule has 0 bridgehead atoms. The number of methoxy groups -OCH3 is 1. The predicted octanol–water partition coefficient (Wildman–Crippen LogP) is 2.69. The van der Waals surface area contributed by atoms with E-state index in [9.17, 15) is 4.79 Å². The minimum Gasteiger partial charge on any atom is -0.383 e. The van der Waals surface area contributed by atoms with E-state index in [1.165, 1.54) is 24.2 Å². The van der Waals surface area contributed by atoms with E-state index < -0.39 is 0 Å². The van der Waals surface area contributed by atoms with Crippen LogP contribution in [0.3, 0.4) is 0 Å². The molecule has 1 aliphatic carbocycles. The van der Waals surface area contributed by atoms with Crippen molar-refractivity contribution in [2.45, 2.75) is 38.6 Å². The number of aromatic nitrogens is 1. The molecule has 1 aromatic heterocycles. The summed E-state index contributed by atoms with van der Waals surface area (Å²) < 4.78 is 5.15. The lowest BCUT2D eigenvalue weighted by atomic mass is 10.1. The third-order valence-electron chi connectivity index (χ3n) is 3.09. The number of rotatable bonds is 7. The summed E-state index contributed by atoms with van der Waals surface area (Å²) in [7, 11) is 1.71. The van der Waals surface area contributed by atoms with Gasteiger partial charge in [0.2, 0.25) is 0 Å². The zero-order valence-electron chi connectivity index (χ0n) is 11.2. The van der Waals surface area contributed by atoms with Crippen LogP contribution in [0.1, 0.15) is 48.0 Å². The first kappa shape index (κ1) is 13.5. The summed E-state index contributed by atoms with van der Waals surface area (Å²) in [6.45, 7) is 5.69. The van der Waals surface area contributed by atoms with Crippen molar-refractivity contribution in [3.8, 4) is 0 Å². The van der Waals surface area contributed by atoms with Gasteiger partial charge < -0.3 is 9.64 Å². The van der Waals surface area contributed by atoms with Crippen LogP contribution in [0.2, 0.25) is 0 Å². The highest BCUT2D eigenvalue weighted by Gasteiger charge is 2.31. The van der Waals surface area contributed by atoms with Gasteiger partial charge in [0.15, 0.2) is 11.4 Å². The fourth-order valence-corrected chi connectivity index (χ4v) is 3.10. The molecule has 0 aromatic carbocycles. The van der Waals surface area contributed by atoms with Crippen molar-refractivity contribution < 1.29 is 9.53 Å². The molecule has 1 heterocycles. The molecule has 1 fully saturated rings. The van der Waals surface area contributed by atoms with Crippen LogP contribution in [0, 0.1) is 0 Å². The molecule has 2 rings (SSSR count). The van der Waals surface area contributed by atoms with Crippen LogP contribution < -0.4 is 4.90 Å². The van der Waals surface area contributed by atoms with Crippen molar-refractivity contribution in [2.75, 3.05) is 25.2 Å². The topological polar surface area (TPSA) is 42.4 Å². The summed E-state index contributed by atoms with van der Waals surface area (Å²) in [4.78, 5) is 18.8. The number of nitrogens with zero attached hydrogens (tertiary/aromatic N) is 2. The van der Waals surface area contributed by atoms with E-state index in [1.807, 2.05) is 0 Å². The Hall–Kier alpha value is -0.940. The fourth-order valence-electron chi connectivity index (χ4n) is 1.96. The van der Waals surface area contributed by atoms with E-state index in [1.54, 1.807) is 7.11 Å². The number of carbonyl (C=O) groups excluding carboxylic acids is 1. The SMILES string of the molecule is COCCN(c1nc(C(C)C)c(C=O)s1)C1CC1. The molecule has 0 unspecified atom stereocenters. The second-order valence-electron chi connectivity index (χ2n) is 4.94. The van der Waals surface area contributed by atoms with E-state index in [-0.39, 0.29) is 0 Å². The quantitative estimate of drug-likeness (QED) is 0.713. The van der Waals surface area contributed by atoms with Crippen molar-refractivity contribution in [3.05, 3.63) is 10.6 Å². The summed E-state index contributed by atoms with van der Waals surface area (Å²) in [5, 5.41) is 0.973. The van der Waals surface area contributed by atoms with Gasteiger partial charge >= 0.3 is 0 Å². The Morgan fingerprint density at radius 3 is 2.72 bits per heavy atom. The molecule has 0 N–H and O–H groups in total. The molecule has 4 nitrogen and oxygen atoms in total. The molecule has 100 valence electrons. The van der Waals surface area contributed by atoms with Gasteiger partial charge in [-0.1, -0.05) is 25.2 Å². The second-order valence-corrected chi connectivity index (χ2v) is 5.94. The van der Waals surface area contributed by atoms with Crippen molar-refractivity contribution >= 4 is 22.8 Å². The first-order chi connectivity index (χ1) is 8.67. The lowest BCUT2D eigenvalue weighted by molar-refractivity contribution is 0.112. The maximum Gasteiger partial charge on any atom is 0.186 e. The van der Waals surface area contributed by atoms with E-state index in [0.717, 1.165) is 28.5 Å². The van der Waals surface area contributed by atoms with Crippen LogP contribution in [0.4, 0.5) is 5.13 Å². The van der Waals surface area contributed by atoms with Crippen molar-refractivity contribution in [3.63, 3.8) is 0 Å². The Kier molecular flexibility index (Phi) is 4.35. The highest BCUT2D eigenvalue weighted by molar-refractivity contribution is 7.17. The van der Waals surface area contributed by atoms with Crippen LogP contribution in [-0.4, -0.2) is 37.6 Å². The van der Waals surface area contributed by atoms with Crippen LogP contribution >= 0.6 is 11.3 Å². The molecular weight excluding hydrogens is 248 g/mol. The molecule has 1 aromatic rings. The highest BCUT2D eigenvalue weighted by Crippen LogP contribution is 2.36. The minimum absolute atomic E-state index is 0.290. The molecule has 1 aliphatic rings. The highest BCUT2D eigenvalue weighted by atomic mass is 32.1. The van der Waals surface area contributed by atoms with E-state index in [4.69, 9.17) is 4.74 Å². The number of aldehydes is 1. The Labute approximate surface area is 112 Å². The van der Waals surface area contributed by atoms with Gasteiger partial charge in [0, 0.05) is 19.7 Å². The molecule has 18 heavy (non-hydrogen) atoms. The van der Waals surface area contributed by atoms with Gasteiger partial charge in [0.25, 0.3) is 0 Å². The Bertz CT molecular complexity index is 413. The summed E-state index contributed by atoms with van der Waals surface area (Å²) in [5.41, 5.74) is 0.924. The summed E-state index contributed by atoms with van der Waals surface area (Å²) in [6, 6.07) is 0.589. The lowest BCUT2D eigenvalue weighted by Gasteiger charge is -2.20. The van der Waals surface area contributed by atoms with E-state index in [2.05, 4.69) is 23.7 Å². The van der Waals surface area contributed by atoms with Gasteiger partial charge in [-0.3, -0.25) is 4.79 Å². The fraction of sp³-hybridized carbons (Fsp3) is 0.692. The predicted molar refractivity (Wildman–Crippen MR) is 73.8 cm³/mol. The van der Waals surface area contributed by atoms with Gasteiger partial charge in [-0.25, -0.2) is 4.98 Å². The van der Waals surface area contributed by atoms with Crippen molar-refractivity contribution in [2.24, 2.45) is 0 Å². The standard InChI is InChI=1S/C13H20N2O2S/c1-9(2)12-11(8-16)18-13(14-12)15(6-7-17-3)10-4-5-10/h8-10H,4-7H2,1-3H3. The van der Waals surface area contributed by atoms with Crippen LogP contribution in [0.25, 0.3) is 0 Å². The molecule has 0 radical (unpaired) electrons. The van der Waals surface area contributed by atoms with Crippen LogP contribution in [-0.2, 0) is 4.74 Å². The molecule has 0 atom stereocenters. The van der Waals surface area contributed by atoms with Crippen LogP contribution in [0.15, 0.2) is 0 Å². The molecule has 5 heteroatoms. The normalized spacial score (nSPS) is 15.1. The lowest BCUT2D eigenvalue weighted by Crippen LogP contribution is -2.29.